The molecule has 1 unspecified atom stereocenters. The molecule has 0 aromatic heterocycles. The molecule has 1 aliphatic rings. The summed E-state index contributed by atoms with van der Waals surface area (Å²) in [6, 6.07) is 18.3. The Hall–Kier alpha value is -3.41. The van der Waals surface area contributed by atoms with E-state index in [0.29, 0.717) is 38.6 Å². The second kappa shape index (κ2) is 9.61. The molecule has 172 valence electrons. The lowest BCUT2D eigenvalue weighted by Crippen LogP contribution is -2.44. The monoisotopic (exact) mass is 448 g/mol. The van der Waals surface area contributed by atoms with Crippen LogP contribution in [0.4, 0.5) is 4.39 Å². The number of rotatable bonds is 8. The van der Waals surface area contributed by atoms with Crippen LogP contribution in [0.5, 0.6) is 5.75 Å². The number of nitrogens with zero attached hydrogens (tertiary/aromatic N) is 1. The van der Waals surface area contributed by atoms with E-state index in [0.717, 1.165) is 27.6 Å². The molecule has 4 rings (SSSR count). The minimum atomic E-state index is -0.458. The van der Waals surface area contributed by atoms with Crippen LogP contribution < -0.4 is 10.1 Å². The number of fused-ring (bicyclic) bond motifs is 1. The number of nitrogens with one attached hydrogen (secondary N) is 1. The lowest BCUT2D eigenvalue weighted by molar-refractivity contribution is -0.131. The number of methoxy groups -OCH3 is 1. The average molecular weight is 449 g/mol. The molecule has 33 heavy (non-hydrogen) atoms. The summed E-state index contributed by atoms with van der Waals surface area (Å²) in [6.07, 6.45) is 2.70. The van der Waals surface area contributed by atoms with Crippen LogP contribution in [-0.2, 0) is 22.6 Å². The third-order valence-electron chi connectivity index (χ3n) is 6.53. The van der Waals surface area contributed by atoms with Gasteiger partial charge in [0, 0.05) is 37.4 Å². The lowest BCUT2D eigenvalue weighted by atomic mass is 9.83. The van der Waals surface area contributed by atoms with Gasteiger partial charge >= 0.3 is 0 Å². The number of carbonyl (C=O) groups excluding carboxylic acids is 2. The van der Waals surface area contributed by atoms with E-state index in [2.05, 4.69) is 17.4 Å². The maximum absolute atomic E-state index is 13.1. The largest absolute Gasteiger partial charge is 0.496 e. The topological polar surface area (TPSA) is 58.6 Å². The zero-order valence-electron chi connectivity index (χ0n) is 19.1. The van der Waals surface area contributed by atoms with Crippen LogP contribution >= 0.6 is 0 Å². The van der Waals surface area contributed by atoms with Gasteiger partial charge < -0.3 is 15.0 Å². The third-order valence-corrected chi connectivity index (χ3v) is 6.53. The van der Waals surface area contributed by atoms with Crippen molar-refractivity contribution in [3.8, 4) is 5.75 Å². The Labute approximate surface area is 193 Å². The van der Waals surface area contributed by atoms with Crippen molar-refractivity contribution in [1.82, 2.24) is 10.2 Å². The zero-order valence-corrected chi connectivity index (χ0v) is 19.1. The Kier molecular flexibility index (Phi) is 6.63. The highest BCUT2D eigenvalue weighted by Gasteiger charge is 2.38. The van der Waals surface area contributed by atoms with Gasteiger partial charge in [-0.2, -0.15) is 0 Å². The molecule has 3 aromatic carbocycles. The van der Waals surface area contributed by atoms with Crippen LogP contribution in [0.2, 0.25) is 0 Å². The third kappa shape index (κ3) is 5.16. The number of hydrogen-bond acceptors (Lipinski definition) is 3. The first-order chi connectivity index (χ1) is 15.9. The molecular formula is C27H29FN2O3. The molecule has 0 radical (unpaired) electrons. The van der Waals surface area contributed by atoms with E-state index < -0.39 is 5.54 Å². The fraction of sp³-hybridized carbons (Fsp3) is 0.333. The molecule has 3 aromatic rings. The van der Waals surface area contributed by atoms with E-state index in [1.54, 1.807) is 31.2 Å². The summed E-state index contributed by atoms with van der Waals surface area (Å²) >= 11 is 0. The van der Waals surface area contributed by atoms with Crippen molar-refractivity contribution in [2.24, 2.45) is 0 Å². The Balaban J connectivity index is 1.49. The maximum atomic E-state index is 13.1. The van der Waals surface area contributed by atoms with Gasteiger partial charge in [0.15, 0.2) is 0 Å². The molecule has 1 heterocycles. The standard InChI is InChI=1S/C27H29FN2O3/c1-30(18-19-7-10-21(28)11-8-19)26(32)14-16-27(15-13-25(31)29-27)17-20-9-12-24(33-2)23-6-4-3-5-22(20)23/h3-12H,13-18H2,1-2H3,(H,29,31). The van der Waals surface area contributed by atoms with E-state index in [4.69, 9.17) is 4.74 Å². The highest BCUT2D eigenvalue weighted by Crippen LogP contribution is 2.35. The molecule has 6 heteroatoms. The van der Waals surface area contributed by atoms with Crippen LogP contribution in [-0.4, -0.2) is 36.4 Å². The number of carbonyl (C=O) groups is 2. The summed E-state index contributed by atoms with van der Waals surface area (Å²) in [7, 11) is 3.41. The van der Waals surface area contributed by atoms with Crippen LogP contribution in [0.3, 0.4) is 0 Å². The van der Waals surface area contributed by atoms with Crippen molar-refractivity contribution in [3.63, 3.8) is 0 Å². The van der Waals surface area contributed by atoms with Crippen molar-refractivity contribution < 1.29 is 18.7 Å². The van der Waals surface area contributed by atoms with E-state index in [1.165, 1.54) is 12.1 Å². The van der Waals surface area contributed by atoms with Crippen LogP contribution in [0, 0.1) is 5.82 Å². The summed E-state index contributed by atoms with van der Waals surface area (Å²) in [4.78, 5) is 26.7. The van der Waals surface area contributed by atoms with E-state index in [-0.39, 0.29) is 17.6 Å². The second-order valence-electron chi connectivity index (χ2n) is 8.85. The molecular weight excluding hydrogens is 419 g/mol. The second-order valence-corrected chi connectivity index (χ2v) is 8.85. The van der Waals surface area contributed by atoms with Crippen molar-refractivity contribution in [2.45, 2.75) is 44.2 Å². The number of hydrogen-bond donors (Lipinski definition) is 1. The van der Waals surface area contributed by atoms with Gasteiger partial charge in [0.25, 0.3) is 0 Å². The molecule has 1 atom stereocenters. The van der Waals surface area contributed by atoms with Gasteiger partial charge in [-0.15, -0.1) is 0 Å². The molecule has 0 saturated carbocycles. The number of halogens is 1. The molecule has 2 amide bonds. The summed E-state index contributed by atoms with van der Waals surface area (Å²) in [5, 5.41) is 5.31. The molecule has 0 aliphatic carbocycles. The van der Waals surface area contributed by atoms with Crippen molar-refractivity contribution in [1.29, 1.82) is 0 Å². The Morgan fingerprint density at radius 2 is 1.82 bits per heavy atom. The normalized spacial score (nSPS) is 17.7. The molecule has 1 aliphatic heterocycles. The Bertz CT molecular complexity index is 1160. The van der Waals surface area contributed by atoms with Gasteiger partial charge in [0.05, 0.1) is 7.11 Å². The minimum absolute atomic E-state index is 0.000520. The van der Waals surface area contributed by atoms with Crippen molar-refractivity contribution in [3.05, 3.63) is 77.6 Å². The first-order valence-electron chi connectivity index (χ1n) is 11.2. The number of ether oxygens (including phenoxy) is 1. The molecule has 1 saturated heterocycles. The van der Waals surface area contributed by atoms with Gasteiger partial charge in [-0.1, -0.05) is 42.5 Å². The molecule has 0 bridgehead atoms. The molecule has 0 spiro atoms. The Morgan fingerprint density at radius 1 is 1.09 bits per heavy atom. The van der Waals surface area contributed by atoms with Crippen LogP contribution in [0.25, 0.3) is 10.8 Å². The van der Waals surface area contributed by atoms with Gasteiger partial charge in [-0.25, -0.2) is 4.39 Å². The highest BCUT2D eigenvalue weighted by atomic mass is 19.1. The van der Waals surface area contributed by atoms with Gasteiger partial charge in [-0.3, -0.25) is 9.59 Å². The van der Waals surface area contributed by atoms with Crippen molar-refractivity contribution >= 4 is 22.6 Å². The highest BCUT2D eigenvalue weighted by molar-refractivity contribution is 5.91. The van der Waals surface area contributed by atoms with Crippen LogP contribution in [0.1, 0.15) is 36.8 Å². The zero-order chi connectivity index (χ0) is 23.4. The van der Waals surface area contributed by atoms with Gasteiger partial charge in [-0.05, 0) is 54.0 Å². The smallest absolute Gasteiger partial charge is 0.222 e. The first-order valence-corrected chi connectivity index (χ1v) is 11.2. The van der Waals surface area contributed by atoms with Crippen molar-refractivity contribution in [2.75, 3.05) is 14.2 Å². The summed E-state index contributed by atoms with van der Waals surface area (Å²) in [5.74, 6) is 0.550. The SMILES string of the molecule is COc1ccc(CC2(CCC(=O)N(C)Cc3ccc(F)cc3)CCC(=O)N2)c2ccccc12. The molecule has 5 nitrogen and oxygen atoms in total. The summed E-state index contributed by atoms with van der Waals surface area (Å²) in [6.45, 7) is 0.418. The predicted octanol–water partition coefficient (Wildman–Crippen LogP) is 4.62. The summed E-state index contributed by atoms with van der Waals surface area (Å²) < 4.78 is 18.7. The van der Waals surface area contributed by atoms with E-state index in [9.17, 15) is 14.0 Å². The predicted molar refractivity (Wildman–Crippen MR) is 126 cm³/mol. The fourth-order valence-corrected chi connectivity index (χ4v) is 4.70. The fourth-order valence-electron chi connectivity index (χ4n) is 4.70. The molecule has 1 fully saturated rings. The average Bonchev–Trinajstić information content (AvgIpc) is 3.19. The Morgan fingerprint density at radius 3 is 2.48 bits per heavy atom. The minimum Gasteiger partial charge on any atom is -0.496 e. The van der Waals surface area contributed by atoms with Gasteiger partial charge in [0.2, 0.25) is 11.8 Å². The summed E-state index contributed by atoms with van der Waals surface area (Å²) in [5.41, 5.74) is 1.54. The number of amides is 2. The van der Waals surface area contributed by atoms with Crippen LogP contribution in [0.15, 0.2) is 60.7 Å². The number of benzene rings is 3. The molecule has 1 N–H and O–H groups in total. The van der Waals surface area contributed by atoms with E-state index >= 15 is 0 Å². The first kappa shape index (κ1) is 22.8. The van der Waals surface area contributed by atoms with E-state index in [1.807, 2.05) is 24.3 Å². The lowest BCUT2D eigenvalue weighted by Gasteiger charge is -2.31. The maximum Gasteiger partial charge on any atom is 0.222 e. The quantitative estimate of drug-likeness (QED) is 0.547. The van der Waals surface area contributed by atoms with Gasteiger partial charge in [0.1, 0.15) is 11.6 Å².